The summed E-state index contributed by atoms with van der Waals surface area (Å²) in [5, 5.41) is 7.91. The molecule has 78 valence electrons. The Hall–Kier alpha value is -1.42. The maximum absolute atomic E-state index is 4.53. The first-order valence-corrected chi connectivity index (χ1v) is 5.39. The Labute approximate surface area is 88.3 Å². The molecule has 0 bridgehead atoms. The Morgan fingerprint density at radius 2 is 2.40 bits per heavy atom. The predicted molar refractivity (Wildman–Crippen MR) is 57.7 cm³/mol. The molecule has 1 unspecified atom stereocenters. The number of pyridine rings is 1. The van der Waals surface area contributed by atoms with Crippen molar-refractivity contribution in [3.63, 3.8) is 0 Å². The van der Waals surface area contributed by atoms with E-state index in [2.05, 4.69) is 28.4 Å². The summed E-state index contributed by atoms with van der Waals surface area (Å²) in [5.74, 6) is 0.929. The number of nitrogens with one attached hydrogen (secondary N) is 1. The summed E-state index contributed by atoms with van der Waals surface area (Å²) in [4.78, 5) is 4.53. The fourth-order valence-electron chi connectivity index (χ4n) is 2.06. The minimum Gasteiger partial charge on any atom is -0.307 e. The molecule has 1 atom stereocenters. The van der Waals surface area contributed by atoms with Crippen LogP contribution in [0.2, 0.25) is 0 Å². The van der Waals surface area contributed by atoms with E-state index in [0.29, 0.717) is 6.04 Å². The van der Waals surface area contributed by atoms with Gasteiger partial charge in [0.1, 0.15) is 0 Å². The Morgan fingerprint density at radius 3 is 3.20 bits per heavy atom. The van der Waals surface area contributed by atoms with Gasteiger partial charge in [0.15, 0.2) is 11.5 Å². The molecular formula is C11H14N4. The van der Waals surface area contributed by atoms with Gasteiger partial charge in [-0.15, -0.1) is 5.10 Å². The molecule has 0 amide bonds. The number of rotatable bonds is 1. The van der Waals surface area contributed by atoms with Crippen LogP contribution in [0.4, 0.5) is 0 Å². The maximum atomic E-state index is 4.53. The molecule has 3 rings (SSSR count). The third kappa shape index (κ3) is 1.51. The molecule has 1 aliphatic rings. The molecule has 0 spiro atoms. The third-order valence-corrected chi connectivity index (χ3v) is 2.87. The van der Waals surface area contributed by atoms with Crippen LogP contribution >= 0.6 is 0 Å². The Balaban J connectivity index is 2.05. The van der Waals surface area contributed by atoms with Crippen LogP contribution in [0, 0.1) is 6.92 Å². The first-order chi connectivity index (χ1) is 7.33. The molecule has 0 radical (unpaired) electrons. The lowest BCUT2D eigenvalue weighted by atomic mass is 10.2. The van der Waals surface area contributed by atoms with Gasteiger partial charge in [-0.1, -0.05) is 6.07 Å². The topological polar surface area (TPSA) is 42.2 Å². The Kier molecular flexibility index (Phi) is 1.95. The van der Waals surface area contributed by atoms with Crippen LogP contribution in [-0.4, -0.2) is 21.1 Å². The molecule has 4 nitrogen and oxygen atoms in total. The second kappa shape index (κ2) is 3.31. The van der Waals surface area contributed by atoms with Crippen LogP contribution in [0.3, 0.4) is 0 Å². The van der Waals surface area contributed by atoms with Crippen LogP contribution in [0.1, 0.15) is 30.3 Å². The van der Waals surface area contributed by atoms with E-state index in [1.165, 1.54) is 12.0 Å². The van der Waals surface area contributed by atoms with Crippen molar-refractivity contribution in [2.24, 2.45) is 0 Å². The summed E-state index contributed by atoms with van der Waals surface area (Å²) >= 11 is 0. The van der Waals surface area contributed by atoms with Crippen molar-refractivity contribution in [2.45, 2.75) is 25.8 Å². The number of nitrogens with zero attached hydrogens (tertiary/aromatic N) is 3. The summed E-state index contributed by atoms with van der Waals surface area (Å²) in [5.41, 5.74) is 2.14. The fourth-order valence-corrected chi connectivity index (χ4v) is 2.06. The van der Waals surface area contributed by atoms with E-state index >= 15 is 0 Å². The van der Waals surface area contributed by atoms with E-state index in [4.69, 9.17) is 0 Å². The molecule has 0 saturated carbocycles. The Bertz CT molecular complexity index is 482. The summed E-state index contributed by atoms with van der Waals surface area (Å²) in [6, 6.07) is 4.43. The van der Waals surface area contributed by atoms with E-state index in [1.54, 1.807) is 0 Å². The highest BCUT2D eigenvalue weighted by Gasteiger charge is 2.20. The monoisotopic (exact) mass is 202 g/mol. The average molecular weight is 202 g/mol. The van der Waals surface area contributed by atoms with Gasteiger partial charge in [0.2, 0.25) is 0 Å². The molecule has 2 aromatic rings. The Morgan fingerprint density at radius 1 is 1.47 bits per heavy atom. The number of hydrogen-bond donors (Lipinski definition) is 1. The van der Waals surface area contributed by atoms with Crippen molar-refractivity contribution >= 4 is 5.65 Å². The van der Waals surface area contributed by atoms with Crippen molar-refractivity contribution in [2.75, 3.05) is 6.54 Å². The van der Waals surface area contributed by atoms with E-state index in [1.807, 2.05) is 16.8 Å². The molecule has 1 aliphatic heterocycles. The maximum Gasteiger partial charge on any atom is 0.168 e. The number of aromatic nitrogens is 3. The van der Waals surface area contributed by atoms with E-state index in [-0.39, 0.29) is 0 Å². The molecule has 1 N–H and O–H groups in total. The van der Waals surface area contributed by atoms with Crippen LogP contribution in [-0.2, 0) is 0 Å². The molecule has 1 saturated heterocycles. The molecule has 3 heterocycles. The van der Waals surface area contributed by atoms with Crippen LogP contribution in [0.15, 0.2) is 18.3 Å². The highest BCUT2D eigenvalue weighted by Crippen LogP contribution is 2.20. The molecule has 15 heavy (non-hydrogen) atoms. The first-order valence-electron chi connectivity index (χ1n) is 5.39. The fraction of sp³-hybridized carbons (Fsp3) is 0.455. The van der Waals surface area contributed by atoms with Crippen molar-refractivity contribution in [1.29, 1.82) is 0 Å². The standard InChI is InChI=1S/C11H14N4/c1-8-4-5-10-13-11(14-15(10)7-8)9-3-2-6-12-9/h4-5,7,9,12H,2-3,6H2,1H3. The minimum atomic E-state index is 0.352. The lowest BCUT2D eigenvalue weighted by Gasteiger charge is -2.02. The van der Waals surface area contributed by atoms with Crippen LogP contribution in [0.5, 0.6) is 0 Å². The lowest BCUT2D eigenvalue weighted by Crippen LogP contribution is -2.14. The van der Waals surface area contributed by atoms with Gasteiger partial charge in [-0.2, -0.15) is 0 Å². The average Bonchev–Trinajstić information content (AvgIpc) is 2.84. The first kappa shape index (κ1) is 8.85. The van der Waals surface area contributed by atoms with Gasteiger partial charge in [-0.25, -0.2) is 9.50 Å². The van der Waals surface area contributed by atoms with Crippen molar-refractivity contribution in [1.82, 2.24) is 19.9 Å². The predicted octanol–water partition coefficient (Wildman–Crippen LogP) is 1.46. The van der Waals surface area contributed by atoms with Gasteiger partial charge in [0, 0.05) is 6.20 Å². The molecule has 0 aromatic carbocycles. The highest BCUT2D eigenvalue weighted by atomic mass is 15.3. The van der Waals surface area contributed by atoms with E-state index < -0.39 is 0 Å². The zero-order valence-electron chi connectivity index (χ0n) is 8.77. The number of fused-ring (bicyclic) bond motifs is 1. The summed E-state index contributed by atoms with van der Waals surface area (Å²) in [6.45, 7) is 3.15. The largest absolute Gasteiger partial charge is 0.307 e. The smallest absolute Gasteiger partial charge is 0.168 e. The van der Waals surface area contributed by atoms with Crippen molar-refractivity contribution in [3.05, 3.63) is 29.7 Å². The van der Waals surface area contributed by atoms with Crippen molar-refractivity contribution < 1.29 is 0 Å². The molecule has 2 aromatic heterocycles. The van der Waals surface area contributed by atoms with Gasteiger partial charge in [-0.05, 0) is 37.9 Å². The lowest BCUT2D eigenvalue weighted by molar-refractivity contribution is 0.604. The second-order valence-electron chi connectivity index (χ2n) is 4.13. The summed E-state index contributed by atoms with van der Waals surface area (Å²) in [7, 11) is 0. The molecule has 1 fully saturated rings. The summed E-state index contributed by atoms with van der Waals surface area (Å²) in [6.07, 6.45) is 4.38. The van der Waals surface area contributed by atoms with E-state index in [9.17, 15) is 0 Å². The molecule has 0 aliphatic carbocycles. The quantitative estimate of drug-likeness (QED) is 0.761. The van der Waals surface area contributed by atoms with Crippen molar-refractivity contribution in [3.8, 4) is 0 Å². The van der Waals surface area contributed by atoms with Gasteiger partial charge < -0.3 is 5.32 Å². The SMILES string of the molecule is Cc1ccc2nc(C3CCCN3)nn2c1. The number of aryl methyl sites for hydroxylation is 1. The van der Waals surface area contributed by atoms with E-state index in [0.717, 1.165) is 24.4 Å². The van der Waals surface area contributed by atoms with Gasteiger partial charge in [0.05, 0.1) is 6.04 Å². The van der Waals surface area contributed by atoms with Gasteiger partial charge in [0.25, 0.3) is 0 Å². The molecular weight excluding hydrogens is 188 g/mol. The van der Waals surface area contributed by atoms with Gasteiger partial charge in [-0.3, -0.25) is 0 Å². The third-order valence-electron chi connectivity index (χ3n) is 2.87. The van der Waals surface area contributed by atoms with Crippen LogP contribution in [0.25, 0.3) is 5.65 Å². The normalized spacial score (nSPS) is 21.3. The minimum absolute atomic E-state index is 0.352. The van der Waals surface area contributed by atoms with Crippen LogP contribution < -0.4 is 5.32 Å². The second-order valence-corrected chi connectivity index (χ2v) is 4.13. The van der Waals surface area contributed by atoms with Gasteiger partial charge >= 0.3 is 0 Å². The molecule has 4 heteroatoms. The zero-order valence-corrected chi connectivity index (χ0v) is 8.77. The highest BCUT2D eigenvalue weighted by molar-refractivity contribution is 5.38. The summed E-state index contributed by atoms with van der Waals surface area (Å²) < 4.78 is 1.87. The number of hydrogen-bond acceptors (Lipinski definition) is 3. The zero-order chi connectivity index (χ0) is 10.3.